The van der Waals surface area contributed by atoms with E-state index in [9.17, 15) is 0 Å². The highest BCUT2D eigenvalue weighted by Gasteiger charge is 2.01. The molecule has 33 valence electrons. The summed E-state index contributed by atoms with van der Waals surface area (Å²) in [6, 6.07) is 0. The lowest BCUT2D eigenvalue weighted by atomic mass is 11.0. The molecule has 0 spiro atoms. The largest absolute Gasteiger partial charge is 0.455 e. The van der Waals surface area contributed by atoms with Gasteiger partial charge in [0.05, 0.1) is 0 Å². The Morgan fingerprint density at radius 2 is 2.83 bits per heavy atom. The second-order valence-corrected chi connectivity index (χ2v) is 1.69. The highest BCUT2D eigenvalue weighted by atomic mass is 79.9. The van der Waals surface area contributed by atoms with Gasteiger partial charge >= 0.3 is 0 Å². The summed E-state index contributed by atoms with van der Waals surface area (Å²) in [7, 11) is 0. The molecular formula is C3H3BrNO. The Kier molecular flexibility index (Phi) is 1.01. The molecule has 0 amide bonds. The molecule has 2 nitrogen and oxygen atoms in total. The minimum atomic E-state index is -0.0579. The highest BCUT2D eigenvalue weighted by molar-refractivity contribution is 9.09. The van der Waals surface area contributed by atoms with Gasteiger partial charge in [0.15, 0.2) is 6.26 Å². The molecule has 1 atom stereocenters. The second kappa shape index (κ2) is 1.51. The molecule has 0 saturated heterocycles. The van der Waals surface area contributed by atoms with E-state index >= 15 is 0 Å². The molecule has 0 saturated carbocycles. The zero-order valence-corrected chi connectivity index (χ0v) is 4.53. The van der Waals surface area contributed by atoms with Crippen LogP contribution in [0.15, 0.2) is 6.20 Å². The van der Waals surface area contributed by atoms with Crippen LogP contribution in [0.5, 0.6) is 0 Å². The quantitative estimate of drug-likeness (QED) is 0.401. The smallest absolute Gasteiger partial charge is 0.226 e. The van der Waals surface area contributed by atoms with Gasteiger partial charge in [0.25, 0.3) is 0 Å². The van der Waals surface area contributed by atoms with E-state index in [0.29, 0.717) is 0 Å². The maximum atomic E-state index is 4.65. The predicted octanol–water partition coefficient (Wildman–Crippen LogP) is 0.559. The minimum absolute atomic E-state index is 0.0579. The maximum Gasteiger partial charge on any atom is 0.226 e. The van der Waals surface area contributed by atoms with Crippen molar-refractivity contribution in [2.75, 3.05) is 0 Å². The van der Waals surface area contributed by atoms with Crippen molar-refractivity contribution < 1.29 is 4.74 Å². The Morgan fingerprint density at radius 3 is 3.00 bits per heavy atom. The highest BCUT2D eigenvalue weighted by Crippen LogP contribution is 2.00. The van der Waals surface area contributed by atoms with E-state index in [1.807, 2.05) is 0 Å². The van der Waals surface area contributed by atoms with Crippen molar-refractivity contribution in [2.45, 2.75) is 5.14 Å². The summed E-state index contributed by atoms with van der Waals surface area (Å²) in [6.45, 7) is 0. The summed E-state index contributed by atoms with van der Waals surface area (Å²) in [5, 5.41) is 2.72. The lowest BCUT2D eigenvalue weighted by Gasteiger charge is -1.96. The monoisotopic (exact) mass is 148 g/mol. The average Bonchev–Trinajstić information content (AvgIpc) is 1.86. The molecule has 1 aliphatic rings. The number of hydrogen-bond donors (Lipinski definition) is 1. The van der Waals surface area contributed by atoms with Crippen molar-refractivity contribution in [3.63, 3.8) is 0 Å². The molecule has 1 N–H and O–H groups in total. The molecule has 0 bridgehead atoms. The summed E-state index contributed by atoms with van der Waals surface area (Å²) < 4.78 is 4.65. The molecule has 6 heavy (non-hydrogen) atoms. The van der Waals surface area contributed by atoms with E-state index in [1.165, 1.54) is 0 Å². The van der Waals surface area contributed by atoms with E-state index in [4.69, 9.17) is 0 Å². The third-order valence-electron chi connectivity index (χ3n) is 0.445. The standard InChI is InChI=1S/C3H3BrNO/c4-3-5-1-2-6-3/h1,3,5H. The molecule has 1 unspecified atom stereocenters. The van der Waals surface area contributed by atoms with Crippen LogP contribution in [0.1, 0.15) is 0 Å². The van der Waals surface area contributed by atoms with Gasteiger partial charge in [-0.2, -0.15) is 0 Å². The van der Waals surface area contributed by atoms with Gasteiger partial charge in [0.2, 0.25) is 5.14 Å². The molecule has 0 aliphatic carbocycles. The first kappa shape index (κ1) is 3.99. The van der Waals surface area contributed by atoms with Gasteiger partial charge in [-0.1, -0.05) is 0 Å². The number of ether oxygens (including phenoxy) is 1. The van der Waals surface area contributed by atoms with E-state index in [-0.39, 0.29) is 5.14 Å². The molecule has 1 rings (SSSR count). The van der Waals surface area contributed by atoms with Gasteiger partial charge in [-0.3, -0.25) is 0 Å². The Balaban J connectivity index is 2.32. The summed E-state index contributed by atoms with van der Waals surface area (Å²) >= 11 is 3.11. The third kappa shape index (κ3) is 0.653. The molecule has 0 fully saturated rings. The molecule has 1 radical (unpaired) electrons. The first-order chi connectivity index (χ1) is 2.89. The van der Waals surface area contributed by atoms with Crippen molar-refractivity contribution in [1.82, 2.24) is 5.32 Å². The number of hydrogen-bond acceptors (Lipinski definition) is 2. The Labute approximate surface area is 44.3 Å². The van der Waals surface area contributed by atoms with Gasteiger partial charge < -0.3 is 10.1 Å². The van der Waals surface area contributed by atoms with E-state index in [0.717, 1.165) is 0 Å². The summed E-state index contributed by atoms with van der Waals surface area (Å²) in [5.74, 6) is 0. The van der Waals surface area contributed by atoms with Crippen LogP contribution in [0.25, 0.3) is 0 Å². The number of rotatable bonds is 0. The topological polar surface area (TPSA) is 21.3 Å². The van der Waals surface area contributed by atoms with Crippen LogP contribution in [-0.2, 0) is 4.74 Å². The zero-order chi connectivity index (χ0) is 4.41. The SMILES string of the molecule is BrC1NC=[C]O1. The Bertz CT molecular complexity index is 65.2. The van der Waals surface area contributed by atoms with Crippen molar-refractivity contribution in [3.8, 4) is 0 Å². The first-order valence-electron chi connectivity index (χ1n) is 1.52. The molecule has 1 heterocycles. The fourth-order valence-corrected chi connectivity index (χ4v) is 0.467. The van der Waals surface area contributed by atoms with Crippen LogP contribution >= 0.6 is 15.9 Å². The van der Waals surface area contributed by atoms with Crippen LogP contribution in [-0.4, -0.2) is 5.14 Å². The molecule has 1 aliphatic heterocycles. The fraction of sp³-hybridized carbons (Fsp3) is 0.333. The van der Waals surface area contributed by atoms with Gasteiger partial charge in [-0.25, -0.2) is 0 Å². The van der Waals surface area contributed by atoms with Crippen molar-refractivity contribution in [1.29, 1.82) is 0 Å². The minimum Gasteiger partial charge on any atom is -0.455 e. The van der Waals surface area contributed by atoms with Gasteiger partial charge in [0, 0.05) is 6.20 Å². The molecular weight excluding hydrogens is 146 g/mol. The van der Waals surface area contributed by atoms with Crippen molar-refractivity contribution in [3.05, 3.63) is 12.5 Å². The molecule has 0 aromatic rings. The molecule has 0 aromatic heterocycles. The zero-order valence-electron chi connectivity index (χ0n) is 2.94. The van der Waals surface area contributed by atoms with Crippen molar-refractivity contribution >= 4 is 15.9 Å². The van der Waals surface area contributed by atoms with Crippen LogP contribution in [0, 0.1) is 6.26 Å². The molecule has 3 heteroatoms. The van der Waals surface area contributed by atoms with Gasteiger partial charge in [-0.05, 0) is 15.9 Å². The lowest BCUT2D eigenvalue weighted by molar-refractivity contribution is 0.223. The van der Waals surface area contributed by atoms with Crippen LogP contribution in [0.4, 0.5) is 0 Å². The summed E-state index contributed by atoms with van der Waals surface area (Å²) in [6.07, 6.45) is 4.10. The molecule has 0 aromatic carbocycles. The van der Waals surface area contributed by atoms with Crippen LogP contribution < -0.4 is 5.32 Å². The van der Waals surface area contributed by atoms with E-state index in [2.05, 4.69) is 32.2 Å². The number of halogens is 1. The maximum absolute atomic E-state index is 4.65. The normalized spacial score (nSPS) is 29.2. The van der Waals surface area contributed by atoms with Gasteiger partial charge in [-0.15, -0.1) is 0 Å². The first-order valence-corrected chi connectivity index (χ1v) is 2.44. The van der Waals surface area contributed by atoms with Crippen LogP contribution in [0.2, 0.25) is 0 Å². The second-order valence-electron chi connectivity index (χ2n) is 0.863. The summed E-state index contributed by atoms with van der Waals surface area (Å²) in [5.41, 5.74) is 0. The van der Waals surface area contributed by atoms with Gasteiger partial charge in [0.1, 0.15) is 0 Å². The van der Waals surface area contributed by atoms with E-state index < -0.39 is 0 Å². The Hall–Kier alpha value is -0.180. The number of alkyl halides is 1. The third-order valence-corrected chi connectivity index (χ3v) is 0.896. The van der Waals surface area contributed by atoms with E-state index in [1.54, 1.807) is 6.20 Å². The van der Waals surface area contributed by atoms with Crippen molar-refractivity contribution in [2.24, 2.45) is 0 Å². The summed E-state index contributed by atoms with van der Waals surface area (Å²) in [4.78, 5) is 0. The number of nitrogens with one attached hydrogen (secondary N) is 1. The predicted molar refractivity (Wildman–Crippen MR) is 24.7 cm³/mol. The fourth-order valence-electron chi connectivity index (χ4n) is 0.227. The lowest BCUT2D eigenvalue weighted by Crippen LogP contribution is -2.10. The Morgan fingerprint density at radius 1 is 2.00 bits per heavy atom. The average molecular weight is 149 g/mol. The van der Waals surface area contributed by atoms with Crippen LogP contribution in [0.3, 0.4) is 0 Å².